The van der Waals surface area contributed by atoms with Gasteiger partial charge >= 0.3 is 0 Å². The zero-order valence-corrected chi connectivity index (χ0v) is 15.0. The summed E-state index contributed by atoms with van der Waals surface area (Å²) >= 11 is 6.06. The molecule has 26 heavy (non-hydrogen) atoms. The molecule has 3 aromatic rings. The first-order valence-electron chi connectivity index (χ1n) is 8.51. The molecule has 2 aromatic carbocycles. The van der Waals surface area contributed by atoms with Gasteiger partial charge in [-0.05, 0) is 37.3 Å². The number of fused-ring (bicyclic) bond motifs is 1. The van der Waals surface area contributed by atoms with Crippen molar-refractivity contribution >= 4 is 28.3 Å². The molecular formula is C20H18ClNO4. The predicted octanol–water partition coefficient (Wildman–Crippen LogP) is 4.69. The van der Waals surface area contributed by atoms with Crippen LogP contribution in [-0.2, 0) is 9.57 Å². The summed E-state index contributed by atoms with van der Waals surface area (Å²) in [6.07, 6.45) is 1.62. The van der Waals surface area contributed by atoms with Gasteiger partial charge in [0.25, 0.3) is 0 Å². The molecule has 0 aliphatic carbocycles. The summed E-state index contributed by atoms with van der Waals surface area (Å²) in [5.74, 6) is 0. The number of hydrogen-bond acceptors (Lipinski definition) is 5. The molecule has 0 unspecified atom stereocenters. The summed E-state index contributed by atoms with van der Waals surface area (Å²) in [4.78, 5) is 19.0. The normalized spacial score (nSPS) is 20.0. The fourth-order valence-electron chi connectivity index (χ4n) is 3.22. The van der Waals surface area contributed by atoms with Gasteiger partial charge in [-0.25, -0.2) is 9.90 Å². The number of hydroxylamine groups is 1. The molecule has 1 aliphatic rings. The Bertz CT molecular complexity index is 972. The van der Waals surface area contributed by atoms with E-state index in [0.29, 0.717) is 34.6 Å². The third-order valence-electron chi connectivity index (χ3n) is 4.41. The van der Waals surface area contributed by atoms with Gasteiger partial charge in [0.05, 0.1) is 22.7 Å². The number of para-hydroxylation sites is 1. The number of benzene rings is 2. The third kappa shape index (κ3) is 3.09. The highest BCUT2D eigenvalue weighted by molar-refractivity contribution is 6.31. The van der Waals surface area contributed by atoms with Crippen LogP contribution in [0.2, 0.25) is 5.02 Å². The largest absolute Gasteiger partial charge is 0.464 e. The quantitative estimate of drug-likeness (QED) is 0.665. The first kappa shape index (κ1) is 17.1. The van der Waals surface area contributed by atoms with Crippen LogP contribution in [0.5, 0.6) is 0 Å². The van der Waals surface area contributed by atoms with Gasteiger partial charge in [-0.2, -0.15) is 0 Å². The Morgan fingerprint density at radius 1 is 1.23 bits per heavy atom. The van der Waals surface area contributed by atoms with Crippen LogP contribution >= 0.6 is 11.6 Å². The van der Waals surface area contributed by atoms with Gasteiger partial charge < -0.3 is 9.15 Å². The molecule has 0 N–H and O–H groups in total. The fraction of sp³-hybridized carbons (Fsp3) is 0.250. The highest BCUT2D eigenvalue weighted by Gasteiger charge is 2.37. The van der Waals surface area contributed by atoms with E-state index in [4.69, 9.17) is 25.6 Å². The van der Waals surface area contributed by atoms with Crippen molar-refractivity contribution in [3.8, 4) is 0 Å². The van der Waals surface area contributed by atoms with E-state index in [1.165, 1.54) is 6.26 Å². The zero-order chi connectivity index (χ0) is 18.1. The average molecular weight is 372 g/mol. The molecule has 4 rings (SSSR count). The van der Waals surface area contributed by atoms with Crippen molar-refractivity contribution in [2.45, 2.75) is 25.7 Å². The Labute approximate surface area is 155 Å². The molecule has 6 heteroatoms. The standard InChI is InChI=1S/C20H18ClNO4/c1-2-24-19-11-17(22(26-19)14-6-4-3-5-7-14)16-12-25-18-9-8-13(21)10-15(18)20(16)23/h3-10,12,17,19H,2,11H2,1H3/t17-,19+/m0/s1. The topological polar surface area (TPSA) is 51.9 Å². The number of anilines is 1. The second-order valence-electron chi connectivity index (χ2n) is 6.06. The van der Waals surface area contributed by atoms with Crippen molar-refractivity contribution in [1.82, 2.24) is 0 Å². The number of hydrogen-bond donors (Lipinski definition) is 0. The zero-order valence-electron chi connectivity index (χ0n) is 14.2. The lowest BCUT2D eigenvalue weighted by Gasteiger charge is -2.24. The Hall–Kier alpha value is -2.34. The monoisotopic (exact) mass is 371 g/mol. The predicted molar refractivity (Wildman–Crippen MR) is 100 cm³/mol. The van der Waals surface area contributed by atoms with Gasteiger partial charge in [0.15, 0.2) is 11.7 Å². The van der Waals surface area contributed by atoms with E-state index in [0.717, 1.165) is 5.69 Å². The molecule has 0 radical (unpaired) electrons. The lowest BCUT2D eigenvalue weighted by atomic mass is 10.0. The molecule has 2 atom stereocenters. The summed E-state index contributed by atoms with van der Waals surface area (Å²) in [6.45, 7) is 2.44. The molecule has 0 spiro atoms. The second kappa shape index (κ2) is 7.11. The van der Waals surface area contributed by atoms with Gasteiger partial charge in [0.2, 0.25) is 0 Å². The van der Waals surface area contributed by atoms with Crippen molar-refractivity contribution in [2.24, 2.45) is 0 Å². The molecule has 1 fully saturated rings. The maximum absolute atomic E-state index is 13.1. The molecule has 5 nitrogen and oxygen atoms in total. The van der Waals surface area contributed by atoms with E-state index in [1.54, 1.807) is 23.3 Å². The van der Waals surface area contributed by atoms with E-state index in [-0.39, 0.29) is 11.5 Å². The minimum absolute atomic E-state index is 0.111. The Morgan fingerprint density at radius 3 is 2.81 bits per heavy atom. The molecule has 0 amide bonds. The van der Waals surface area contributed by atoms with Crippen molar-refractivity contribution in [3.63, 3.8) is 0 Å². The summed E-state index contributed by atoms with van der Waals surface area (Å²) < 4.78 is 11.3. The highest BCUT2D eigenvalue weighted by atomic mass is 35.5. The van der Waals surface area contributed by atoms with E-state index in [2.05, 4.69) is 0 Å². The third-order valence-corrected chi connectivity index (χ3v) is 4.65. The van der Waals surface area contributed by atoms with Gasteiger partial charge in [-0.1, -0.05) is 29.8 Å². The Kier molecular flexibility index (Phi) is 4.68. The molecule has 0 bridgehead atoms. The summed E-state index contributed by atoms with van der Waals surface area (Å²) in [6, 6.07) is 14.4. The van der Waals surface area contributed by atoms with E-state index < -0.39 is 6.29 Å². The van der Waals surface area contributed by atoms with E-state index in [9.17, 15) is 4.79 Å². The van der Waals surface area contributed by atoms with Crippen LogP contribution in [0.15, 0.2) is 64.0 Å². The lowest BCUT2D eigenvalue weighted by Crippen LogP contribution is -2.26. The van der Waals surface area contributed by atoms with Crippen LogP contribution in [0.4, 0.5) is 5.69 Å². The maximum atomic E-state index is 13.1. The Balaban J connectivity index is 1.80. The van der Waals surface area contributed by atoms with Crippen molar-refractivity contribution < 1.29 is 14.0 Å². The fourth-order valence-corrected chi connectivity index (χ4v) is 3.39. The van der Waals surface area contributed by atoms with Gasteiger partial charge in [-0.3, -0.25) is 4.79 Å². The van der Waals surface area contributed by atoms with Crippen molar-refractivity contribution in [1.29, 1.82) is 0 Å². The first-order valence-corrected chi connectivity index (χ1v) is 8.89. The van der Waals surface area contributed by atoms with Crippen LogP contribution < -0.4 is 10.5 Å². The van der Waals surface area contributed by atoms with Crippen molar-refractivity contribution in [3.05, 3.63) is 75.6 Å². The van der Waals surface area contributed by atoms with Gasteiger partial charge in [0.1, 0.15) is 11.8 Å². The summed E-state index contributed by atoms with van der Waals surface area (Å²) in [7, 11) is 0. The summed E-state index contributed by atoms with van der Waals surface area (Å²) in [5, 5.41) is 2.68. The number of ether oxygens (including phenoxy) is 1. The number of halogens is 1. The lowest BCUT2D eigenvalue weighted by molar-refractivity contribution is -0.115. The second-order valence-corrected chi connectivity index (χ2v) is 6.50. The molecule has 1 saturated heterocycles. The average Bonchev–Trinajstić information content (AvgIpc) is 3.07. The molecule has 1 aliphatic heterocycles. The minimum atomic E-state index is -0.417. The van der Waals surface area contributed by atoms with Crippen LogP contribution in [-0.4, -0.2) is 12.9 Å². The molecule has 1 aromatic heterocycles. The first-order chi connectivity index (χ1) is 12.7. The Morgan fingerprint density at radius 2 is 2.04 bits per heavy atom. The smallest absolute Gasteiger partial charge is 0.198 e. The minimum Gasteiger partial charge on any atom is -0.464 e. The summed E-state index contributed by atoms with van der Waals surface area (Å²) in [5.41, 5.74) is 1.77. The van der Waals surface area contributed by atoms with Crippen LogP contribution in [0.25, 0.3) is 11.0 Å². The molecule has 0 saturated carbocycles. The molecule has 134 valence electrons. The van der Waals surface area contributed by atoms with E-state index in [1.807, 2.05) is 37.3 Å². The van der Waals surface area contributed by atoms with Gasteiger partial charge in [0, 0.05) is 18.1 Å². The molecule has 2 heterocycles. The molecular weight excluding hydrogens is 354 g/mol. The maximum Gasteiger partial charge on any atom is 0.198 e. The highest BCUT2D eigenvalue weighted by Crippen LogP contribution is 2.37. The van der Waals surface area contributed by atoms with Gasteiger partial charge in [-0.15, -0.1) is 0 Å². The van der Waals surface area contributed by atoms with Crippen LogP contribution in [0.1, 0.15) is 24.9 Å². The van der Waals surface area contributed by atoms with E-state index >= 15 is 0 Å². The van der Waals surface area contributed by atoms with Crippen LogP contribution in [0.3, 0.4) is 0 Å². The number of nitrogens with zero attached hydrogens (tertiary/aromatic N) is 1. The SMILES string of the molecule is CCO[C@H]1C[C@@H](c2coc3ccc(Cl)cc3c2=O)N(c2ccccc2)O1. The number of rotatable bonds is 4. The van der Waals surface area contributed by atoms with Crippen LogP contribution in [0, 0.1) is 0 Å². The van der Waals surface area contributed by atoms with Crippen molar-refractivity contribution in [2.75, 3.05) is 11.7 Å².